The van der Waals surface area contributed by atoms with Gasteiger partial charge in [0.05, 0.1) is 50.7 Å². The molecule has 3 aliphatic heterocycles. The van der Waals surface area contributed by atoms with Crippen molar-refractivity contribution in [1.29, 1.82) is 0 Å². The zero-order valence-electron chi connectivity index (χ0n) is 64.2. The minimum absolute atomic E-state index is 0.227. The number of aliphatic hydroxyl groups excluding tert-OH is 11. The van der Waals surface area contributed by atoms with Crippen LogP contribution in [0.25, 0.3) is 0 Å². The first-order valence-corrected chi connectivity index (χ1v) is 41.5. The molecule has 23 heteroatoms. The van der Waals surface area contributed by atoms with Crippen molar-refractivity contribution >= 4 is 17.8 Å². The zero-order chi connectivity index (χ0) is 75.3. The van der Waals surface area contributed by atoms with Gasteiger partial charge in [-0.1, -0.05) is 296 Å². The number of unbranched alkanes of at least 4 members (excludes halogenated alkanes) is 44. The number of carbonyl (C=O) groups excluding carboxylic acids is 2. The highest BCUT2D eigenvalue weighted by Gasteiger charge is 2.60. The first-order valence-electron chi connectivity index (χ1n) is 41.5. The number of hydrogen-bond donors (Lipinski definition) is 14. The fourth-order valence-corrected chi connectivity index (χ4v) is 14.7. The van der Waals surface area contributed by atoms with Gasteiger partial charge in [-0.05, 0) is 38.5 Å². The SMILES string of the molecule is CCCCCCCCCCCCCC/C=C\CCCCCCCCCCCCCCCCCCCC(=O)NC(COC1OC(CO)C(OC2OC(CO)C(O)C(OC3(C(=O)O)CC(O)C(NC(C)=O)C(C(O)C(O)CO)O3)C2O)C(O)C1O)C(O)CCCCCCCCCCCCCCCCCC. The molecule has 0 aromatic rings. The molecule has 3 rings (SSSR count). The lowest BCUT2D eigenvalue weighted by Gasteiger charge is -2.50. The second-order valence-electron chi connectivity index (χ2n) is 30.3. The van der Waals surface area contributed by atoms with Crippen LogP contribution in [0.2, 0.25) is 0 Å². The summed E-state index contributed by atoms with van der Waals surface area (Å²) in [7, 11) is 0. The Bertz CT molecular complexity index is 2100. The van der Waals surface area contributed by atoms with E-state index in [0.29, 0.717) is 19.3 Å². The fourth-order valence-electron chi connectivity index (χ4n) is 14.7. The van der Waals surface area contributed by atoms with Gasteiger partial charge in [-0.25, -0.2) is 4.79 Å². The topological polar surface area (TPSA) is 373 Å². The van der Waals surface area contributed by atoms with Crippen molar-refractivity contribution in [1.82, 2.24) is 10.6 Å². The number of aliphatic carboxylic acids is 1. The van der Waals surface area contributed by atoms with Crippen LogP contribution in [-0.4, -0.2) is 215 Å². The molecule has 0 aromatic carbocycles. The Balaban J connectivity index is 1.45. The molecule has 14 N–H and O–H groups in total. The van der Waals surface area contributed by atoms with Crippen molar-refractivity contribution in [2.24, 2.45) is 0 Å². The summed E-state index contributed by atoms with van der Waals surface area (Å²) in [5.41, 5.74) is 0. The molecular formula is C80H150N2O21. The number of amides is 2. The lowest BCUT2D eigenvalue weighted by molar-refractivity contribution is -0.386. The van der Waals surface area contributed by atoms with E-state index in [4.69, 9.17) is 28.4 Å². The Labute approximate surface area is 620 Å². The van der Waals surface area contributed by atoms with Gasteiger partial charge in [0.15, 0.2) is 12.6 Å². The maximum absolute atomic E-state index is 13.6. The second-order valence-corrected chi connectivity index (χ2v) is 30.3. The summed E-state index contributed by atoms with van der Waals surface area (Å²) in [5, 5.41) is 137. The molecule has 0 aromatic heterocycles. The number of allylic oxidation sites excluding steroid dienone is 2. The Morgan fingerprint density at radius 1 is 0.495 bits per heavy atom. The summed E-state index contributed by atoms with van der Waals surface area (Å²) in [6.45, 7) is 2.25. The summed E-state index contributed by atoms with van der Waals surface area (Å²) in [6, 6.07) is -2.53. The van der Waals surface area contributed by atoms with Gasteiger partial charge in [-0.15, -0.1) is 0 Å². The highest BCUT2D eigenvalue weighted by Crippen LogP contribution is 2.39. The van der Waals surface area contributed by atoms with Gasteiger partial charge in [-0.3, -0.25) is 9.59 Å². The van der Waals surface area contributed by atoms with E-state index in [1.54, 1.807) is 0 Å². The van der Waals surface area contributed by atoms with Crippen molar-refractivity contribution in [3.63, 3.8) is 0 Å². The van der Waals surface area contributed by atoms with Crippen molar-refractivity contribution in [3.8, 4) is 0 Å². The number of ether oxygens (including phenoxy) is 6. The van der Waals surface area contributed by atoms with Crippen LogP contribution in [0.5, 0.6) is 0 Å². The van der Waals surface area contributed by atoms with Crippen molar-refractivity contribution in [2.75, 3.05) is 26.4 Å². The van der Waals surface area contributed by atoms with E-state index in [2.05, 4.69) is 36.6 Å². The van der Waals surface area contributed by atoms with Crippen LogP contribution in [-0.2, 0) is 42.8 Å². The van der Waals surface area contributed by atoms with Crippen molar-refractivity contribution in [2.45, 2.75) is 452 Å². The summed E-state index contributed by atoms with van der Waals surface area (Å²) >= 11 is 0. The van der Waals surface area contributed by atoms with E-state index in [1.807, 2.05) is 0 Å². The second kappa shape index (κ2) is 59.4. The van der Waals surface area contributed by atoms with E-state index in [-0.39, 0.29) is 18.9 Å². The van der Waals surface area contributed by atoms with E-state index >= 15 is 0 Å². The van der Waals surface area contributed by atoms with Crippen LogP contribution in [0.4, 0.5) is 0 Å². The molecule has 18 atom stereocenters. The molecule has 0 saturated carbocycles. The molecule has 0 aliphatic carbocycles. The lowest BCUT2D eigenvalue weighted by Crippen LogP contribution is -2.70. The molecule has 606 valence electrons. The number of hydrogen-bond acceptors (Lipinski definition) is 20. The predicted molar refractivity (Wildman–Crippen MR) is 398 cm³/mol. The van der Waals surface area contributed by atoms with Crippen LogP contribution in [0.3, 0.4) is 0 Å². The normalized spacial score (nSPS) is 26.5. The Morgan fingerprint density at radius 2 is 0.903 bits per heavy atom. The molecule has 3 fully saturated rings. The van der Waals surface area contributed by atoms with Gasteiger partial charge < -0.3 is 100 Å². The van der Waals surface area contributed by atoms with Gasteiger partial charge in [0.25, 0.3) is 5.79 Å². The molecular weight excluding hydrogens is 1320 g/mol. The Morgan fingerprint density at radius 3 is 1.31 bits per heavy atom. The highest BCUT2D eigenvalue weighted by atomic mass is 16.8. The number of carboxylic acids is 1. The van der Waals surface area contributed by atoms with Gasteiger partial charge in [0.1, 0.15) is 67.1 Å². The molecule has 3 heterocycles. The molecule has 23 nitrogen and oxygen atoms in total. The first kappa shape index (κ1) is 94.7. The minimum Gasteiger partial charge on any atom is -0.477 e. The molecule has 2 amide bonds. The number of nitrogens with one attached hydrogen (secondary N) is 2. The molecule has 0 bridgehead atoms. The largest absolute Gasteiger partial charge is 0.477 e. The van der Waals surface area contributed by atoms with Crippen molar-refractivity contribution < 1.29 is 104 Å². The summed E-state index contributed by atoms with van der Waals surface area (Å²) in [4.78, 5) is 38.7. The average Bonchev–Trinajstić information content (AvgIpc) is 0.754. The molecule has 18 unspecified atom stereocenters. The van der Waals surface area contributed by atoms with E-state index < -0.39 is 148 Å². The maximum Gasteiger partial charge on any atom is 0.364 e. The van der Waals surface area contributed by atoms with Crippen LogP contribution < -0.4 is 10.6 Å². The molecule has 103 heavy (non-hydrogen) atoms. The maximum atomic E-state index is 13.6. The van der Waals surface area contributed by atoms with E-state index in [0.717, 1.165) is 58.3 Å². The zero-order valence-corrected chi connectivity index (χ0v) is 64.2. The minimum atomic E-state index is -3.08. The smallest absolute Gasteiger partial charge is 0.364 e. The van der Waals surface area contributed by atoms with Gasteiger partial charge in [0, 0.05) is 19.8 Å². The quantitative estimate of drug-likeness (QED) is 0.0199. The molecule has 0 radical (unpaired) electrons. The number of carbonyl (C=O) groups is 3. The summed E-state index contributed by atoms with van der Waals surface area (Å²) in [5.74, 6) is -6.09. The van der Waals surface area contributed by atoms with Crippen LogP contribution in [0.15, 0.2) is 12.2 Å². The third kappa shape index (κ3) is 39.6. The lowest BCUT2D eigenvalue weighted by atomic mass is 9.88. The Kier molecular flexibility index (Phi) is 54.6. The summed E-state index contributed by atoms with van der Waals surface area (Å²) < 4.78 is 35.0. The molecule has 3 saturated heterocycles. The third-order valence-corrected chi connectivity index (χ3v) is 21.2. The number of rotatable bonds is 66. The molecule has 0 spiro atoms. The fraction of sp³-hybridized carbons (Fsp3) is 0.938. The first-order chi connectivity index (χ1) is 49.9. The van der Waals surface area contributed by atoms with E-state index in [9.17, 15) is 75.7 Å². The van der Waals surface area contributed by atoms with Gasteiger partial charge in [-0.2, -0.15) is 0 Å². The van der Waals surface area contributed by atoms with Crippen LogP contribution in [0.1, 0.15) is 342 Å². The third-order valence-electron chi connectivity index (χ3n) is 21.2. The predicted octanol–water partition coefficient (Wildman–Crippen LogP) is 11.4. The van der Waals surface area contributed by atoms with Crippen LogP contribution in [0, 0.1) is 0 Å². The van der Waals surface area contributed by atoms with E-state index in [1.165, 1.54) is 238 Å². The standard InChI is InChI=1S/C80H150N2O21/c1-4-6-8-10-12-14-16-18-20-22-23-24-25-26-27-28-29-30-31-32-33-34-35-36-37-38-40-42-44-46-48-50-52-54-67(90)82-61(62(87)53-51-49-47-45-43-41-39-21-19-17-15-13-11-9-7-5-2)59-98-77-72(94)71(93)74(66(58-85)100-77)101-78-73(95)76(70(92)65(57-84)99-78)103-80(79(96)97)55-63(88)68(81-60(3)86)75(102-80)69(91)64(89)56-83/h26-27,61-66,68-78,83-85,87-89,91-95H,4-25,28-59H2,1-3H3,(H,81,86)(H,82,90)(H,96,97)/b27-26-. The van der Waals surface area contributed by atoms with Gasteiger partial charge >= 0.3 is 5.97 Å². The monoisotopic (exact) mass is 1480 g/mol. The number of carboxylic acid groups (broad SMARTS) is 1. The number of aliphatic hydroxyl groups is 11. The molecule has 3 aliphatic rings. The van der Waals surface area contributed by atoms with Crippen molar-refractivity contribution in [3.05, 3.63) is 12.2 Å². The van der Waals surface area contributed by atoms with Crippen LogP contribution >= 0.6 is 0 Å². The summed E-state index contributed by atoms with van der Waals surface area (Å²) in [6.07, 6.45) is 35.1. The Hall–Kier alpha value is -2.53. The van der Waals surface area contributed by atoms with Gasteiger partial charge in [0.2, 0.25) is 11.8 Å². The average molecular weight is 1480 g/mol. The highest BCUT2D eigenvalue weighted by molar-refractivity contribution is 5.77.